The minimum Gasteiger partial charge on any atom is -0.342 e. The summed E-state index contributed by atoms with van der Waals surface area (Å²) in [5.74, 6) is -2.51. The molecule has 2 aliphatic rings. The van der Waals surface area contributed by atoms with Gasteiger partial charge < -0.3 is 15.1 Å². The molecule has 2 unspecified atom stereocenters. The number of hydrogen-bond acceptors (Lipinski definition) is 4. The van der Waals surface area contributed by atoms with Crippen LogP contribution in [0.15, 0.2) is 42.5 Å². The van der Waals surface area contributed by atoms with E-state index in [0.717, 1.165) is 36.8 Å². The van der Waals surface area contributed by atoms with Gasteiger partial charge in [0, 0.05) is 30.0 Å². The Morgan fingerprint density at radius 3 is 2.23 bits per heavy atom. The molecule has 3 amide bonds. The topological polar surface area (TPSA) is 73.0 Å². The Hall–Kier alpha value is -0.410. The summed E-state index contributed by atoms with van der Waals surface area (Å²) in [6.45, 7) is 3.06. The van der Waals surface area contributed by atoms with Crippen LogP contribution in [0.2, 0.25) is 0 Å². The minimum absolute atomic E-state index is 0.0915. The Morgan fingerprint density at radius 1 is 1.00 bits per heavy atom. The molecule has 44 heavy (non-hydrogen) atoms. The molecule has 4 atom stereocenters. The predicted octanol–water partition coefficient (Wildman–Crippen LogP) is 5.76. The maximum atomic E-state index is 15.1. The molecule has 1 heterocycles. The van der Waals surface area contributed by atoms with Crippen molar-refractivity contribution in [1.29, 1.82) is 0 Å². The zero-order valence-electron chi connectivity index (χ0n) is 24.3. The van der Waals surface area contributed by atoms with Crippen LogP contribution in [0.5, 0.6) is 0 Å². The quantitative estimate of drug-likeness (QED) is 0.149. The number of hydrogen-bond donors (Lipinski definition) is 1. The van der Waals surface area contributed by atoms with E-state index in [1.54, 1.807) is 4.90 Å². The summed E-state index contributed by atoms with van der Waals surface area (Å²) in [6, 6.07) is 8.49. The summed E-state index contributed by atoms with van der Waals surface area (Å²) < 4.78 is 31.7. The molecule has 1 fully saturated rings. The zero-order valence-corrected chi connectivity index (χ0v) is 33.0. The van der Waals surface area contributed by atoms with Crippen LogP contribution >= 0.6 is 90.4 Å². The van der Waals surface area contributed by atoms with E-state index in [9.17, 15) is 18.8 Å². The largest absolute Gasteiger partial charge is 0.342 e. The Balaban J connectivity index is 1.75. The van der Waals surface area contributed by atoms with Gasteiger partial charge in [0.15, 0.2) is 0 Å². The van der Waals surface area contributed by atoms with Crippen molar-refractivity contribution in [3.8, 4) is 0 Å². The van der Waals surface area contributed by atoms with E-state index in [4.69, 9.17) is 0 Å². The molecule has 7 nitrogen and oxygen atoms in total. The van der Waals surface area contributed by atoms with E-state index in [1.165, 1.54) is 11.0 Å². The number of carbonyl (C=O) groups excluding carboxylic acids is 3. The van der Waals surface area contributed by atoms with Gasteiger partial charge in [0.1, 0.15) is 29.8 Å². The Bertz CT molecular complexity index is 1310. The highest BCUT2D eigenvalue weighted by Gasteiger charge is 2.49. The lowest BCUT2D eigenvalue weighted by molar-refractivity contribution is -0.159. The first-order chi connectivity index (χ1) is 21.1. The number of nitrogens with one attached hydrogen (secondary N) is 1. The van der Waals surface area contributed by atoms with Crippen molar-refractivity contribution >= 4 is 108 Å². The van der Waals surface area contributed by atoms with Crippen LogP contribution in [-0.2, 0) is 33.6 Å². The van der Waals surface area contributed by atoms with Gasteiger partial charge in [-0.3, -0.25) is 19.3 Å². The second kappa shape index (κ2) is 17.1. The normalized spacial score (nSPS) is 20.0. The number of amides is 3. The van der Waals surface area contributed by atoms with E-state index in [1.807, 2.05) is 31.2 Å². The van der Waals surface area contributed by atoms with Crippen LogP contribution in [0.1, 0.15) is 30.0 Å². The third-order valence-corrected chi connectivity index (χ3v) is 12.7. The monoisotopic (exact) mass is 1060 g/mol. The predicted molar refractivity (Wildman–Crippen MR) is 202 cm³/mol. The van der Waals surface area contributed by atoms with E-state index in [-0.39, 0.29) is 41.5 Å². The Morgan fingerprint density at radius 2 is 1.66 bits per heavy atom. The number of fused-ring (bicyclic) bond motifs is 1. The molecule has 1 N–H and O–H groups in total. The summed E-state index contributed by atoms with van der Waals surface area (Å²) in [5.41, 5.74) is 2.43. The number of halogens is 6. The van der Waals surface area contributed by atoms with E-state index < -0.39 is 29.8 Å². The van der Waals surface area contributed by atoms with Gasteiger partial charge in [0.25, 0.3) is 0 Å². The molecule has 240 valence electrons. The van der Waals surface area contributed by atoms with E-state index in [0.29, 0.717) is 36.9 Å². The summed E-state index contributed by atoms with van der Waals surface area (Å²) in [7, 11) is 0. The average Bonchev–Trinajstić information content (AvgIpc) is 3.45. The third-order valence-electron chi connectivity index (χ3n) is 8.43. The van der Waals surface area contributed by atoms with Gasteiger partial charge in [0.2, 0.25) is 17.7 Å². The molecule has 0 bridgehead atoms. The first-order valence-corrected chi connectivity index (χ1v) is 20.6. The highest BCUT2D eigenvalue weighted by Crippen LogP contribution is 2.33. The number of nitrogens with zero attached hydrogens (tertiary/aromatic N) is 3. The molecule has 2 aromatic carbocycles. The van der Waals surface area contributed by atoms with Crippen LogP contribution < -0.4 is 5.32 Å². The highest BCUT2D eigenvalue weighted by atomic mass is 127. The molecular weight excluding hydrogens is 1020 g/mol. The lowest BCUT2D eigenvalue weighted by Crippen LogP contribution is -2.70. The van der Waals surface area contributed by atoms with Gasteiger partial charge >= 0.3 is 0 Å². The van der Waals surface area contributed by atoms with Crippen LogP contribution in [0.25, 0.3) is 0 Å². The molecule has 0 radical (unpaired) electrons. The SMILES string of the molecule is CC(CI)C[C@@H]1C(=O)N[C@H](C2Cc3ccccc3C2)C(=O)N1C(Cc1ccc(F)cc1F)C(=O)N(CI)CCN(CI)CI. The molecule has 13 heteroatoms. The number of alkyl halides is 4. The van der Waals surface area contributed by atoms with Gasteiger partial charge in [0.05, 0.1) is 13.7 Å². The first-order valence-electron chi connectivity index (χ1n) is 14.5. The fourth-order valence-electron chi connectivity index (χ4n) is 5.99. The summed E-state index contributed by atoms with van der Waals surface area (Å²) in [5, 5.41) is 3.04. The minimum atomic E-state index is -1.13. The van der Waals surface area contributed by atoms with Gasteiger partial charge in [-0.15, -0.1) is 0 Å². The van der Waals surface area contributed by atoms with Gasteiger partial charge in [-0.1, -0.05) is 128 Å². The number of carbonyl (C=O) groups is 3. The van der Waals surface area contributed by atoms with Gasteiger partial charge in [-0.2, -0.15) is 0 Å². The second-order valence-corrected chi connectivity index (χ2v) is 14.4. The summed E-state index contributed by atoms with van der Waals surface area (Å²) >= 11 is 8.96. The second-order valence-electron chi connectivity index (χ2n) is 11.5. The van der Waals surface area contributed by atoms with Gasteiger partial charge in [-0.25, -0.2) is 8.78 Å². The Labute approximate surface area is 312 Å². The van der Waals surface area contributed by atoms with Gasteiger partial charge in [-0.05, 0) is 53.9 Å². The molecule has 0 spiro atoms. The molecule has 0 aromatic heterocycles. The average molecular weight is 1060 g/mol. The lowest BCUT2D eigenvalue weighted by Gasteiger charge is -2.45. The summed E-state index contributed by atoms with van der Waals surface area (Å²) in [6.07, 6.45) is 1.49. The molecule has 0 saturated carbocycles. The molecule has 2 aromatic rings. The molecular formula is C31H36F2I4N4O3. The Kier molecular flexibility index (Phi) is 14.2. The fraction of sp³-hybridized carbons (Fsp3) is 0.516. The fourth-order valence-corrected chi connectivity index (χ4v) is 9.11. The van der Waals surface area contributed by atoms with Crippen LogP contribution in [0.4, 0.5) is 8.78 Å². The standard InChI is InChI=1S/C31H36F2I4N4O3/c1-19(15-34)10-26-29(42)38-28(23-11-20-4-2-3-5-21(20)12-23)31(44)41(26)27(13-22-6-7-24(32)14-25(22)33)30(43)40(18-37)9-8-39(16-35)17-36/h2-7,14,19,23,26-28H,8-13,15-18H2,1H3,(H,38,42)/t19?,26-,27?,28-/m1/s1. The van der Waals surface area contributed by atoms with Crippen molar-refractivity contribution in [3.05, 3.63) is 70.8 Å². The molecule has 4 rings (SSSR count). The van der Waals surface area contributed by atoms with Crippen molar-refractivity contribution in [3.63, 3.8) is 0 Å². The number of benzene rings is 2. The van der Waals surface area contributed by atoms with Crippen LogP contribution in [0, 0.1) is 23.5 Å². The van der Waals surface area contributed by atoms with Crippen molar-refractivity contribution in [1.82, 2.24) is 20.0 Å². The van der Waals surface area contributed by atoms with Crippen molar-refractivity contribution in [2.45, 2.75) is 50.7 Å². The maximum Gasteiger partial charge on any atom is 0.246 e. The highest BCUT2D eigenvalue weighted by molar-refractivity contribution is 14.1. The van der Waals surface area contributed by atoms with Crippen molar-refractivity contribution < 1.29 is 23.2 Å². The van der Waals surface area contributed by atoms with Crippen molar-refractivity contribution in [2.75, 3.05) is 31.2 Å². The van der Waals surface area contributed by atoms with E-state index >= 15 is 4.39 Å². The lowest BCUT2D eigenvalue weighted by atomic mass is 9.88. The zero-order chi connectivity index (χ0) is 32.0. The van der Waals surface area contributed by atoms with Crippen molar-refractivity contribution in [2.24, 2.45) is 11.8 Å². The number of piperazine rings is 1. The molecule has 1 aliphatic carbocycles. The van der Waals surface area contributed by atoms with Crippen LogP contribution in [0.3, 0.4) is 0 Å². The smallest absolute Gasteiger partial charge is 0.246 e. The molecule has 1 aliphatic heterocycles. The van der Waals surface area contributed by atoms with Crippen LogP contribution in [-0.4, -0.2) is 81.7 Å². The molecule has 1 saturated heterocycles. The summed E-state index contributed by atoms with van der Waals surface area (Å²) in [4.78, 5) is 48.3. The number of rotatable bonds is 14. The first kappa shape index (κ1) is 36.4. The third kappa shape index (κ3) is 8.73. The van der Waals surface area contributed by atoms with E-state index in [2.05, 4.69) is 101 Å². The maximum absolute atomic E-state index is 15.1.